The number of hydrogen-bond donors (Lipinski definition) is 2. The third-order valence-electron chi connectivity index (χ3n) is 3.98. The van der Waals surface area contributed by atoms with Crippen LogP contribution in [0.3, 0.4) is 0 Å². The van der Waals surface area contributed by atoms with Crippen molar-refractivity contribution in [3.63, 3.8) is 0 Å². The molecule has 0 unspecified atom stereocenters. The maximum absolute atomic E-state index is 12.1. The summed E-state index contributed by atoms with van der Waals surface area (Å²) in [5, 5.41) is 6.31. The van der Waals surface area contributed by atoms with Crippen molar-refractivity contribution in [1.82, 2.24) is 10.6 Å². The lowest BCUT2D eigenvalue weighted by Gasteiger charge is -2.07. The molecule has 1 heterocycles. The van der Waals surface area contributed by atoms with E-state index in [0.29, 0.717) is 6.54 Å². The first kappa shape index (κ1) is 16.5. The second-order valence-corrected chi connectivity index (χ2v) is 5.44. The van der Waals surface area contributed by atoms with Crippen LogP contribution in [0.1, 0.15) is 39.5 Å². The molecule has 0 saturated heterocycles. The van der Waals surface area contributed by atoms with Gasteiger partial charge in [0.1, 0.15) is 0 Å². The number of rotatable bonds is 4. The van der Waals surface area contributed by atoms with Crippen molar-refractivity contribution in [2.45, 2.75) is 33.0 Å². The molecule has 0 fully saturated rings. The van der Waals surface area contributed by atoms with E-state index in [9.17, 15) is 4.79 Å². The van der Waals surface area contributed by atoms with Crippen molar-refractivity contribution in [3.8, 4) is 0 Å². The molecule has 0 bridgehead atoms. The predicted molar refractivity (Wildman–Crippen MR) is 91.2 cm³/mol. The first-order chi connectivity index (χ1) is 10.3. The van der Waals surface area contributed by atoms with E-state index in [-0.39, 0.29) is 18.3 Å². The standard InChI is InChI=1S/C18H20N2O.ClH/c1-2-13-3-6-15(7-4-13)18(21)20-10-14-5-8-16-11-19-12-17(16)9-14;/h3-9,19H,2,10-12H2,1H3,(H,20,21);1H. The highest BCUT2D eigenvalue weighted by Gasteiger charge is 2.10. The van der Waals surface area contributed by atoms with Crippen LogP contribution in [0.2, 0.25) is 0 Å². The predicted octanol–water partition coefficient (Wildman–Crippen LogP) is 3.20. The van der Waals surface area contributed by atoms with Crippen LogP contribution < -0.4 is 10.6 Å². The minimum Gasteiger partial charge on any atom is -0.348 e. The van der Waals surface area contributed by atoms with Crippen LogP contribution in [0, 0.1) is 0 Å². The smallest absolute Gasteiger partial charge is 0.251 e. The van der Waals surface area contributed by atoms with Crippen LogP contribution in [0.5, 0.6) is 0 Å². The molecule has 3 nitrogen and oxygen atoms in total. The molecule has 4 heteroatoms. The molecule has 0 aromatic heterocycles. The van der Waals surface area contributed by atoms with Crippen LogP contribution in [0.4, 0.5) is 0 Å². The fourth-order valence-electron chi connectivity index (χ4n) is 2.63. The van der Waals surface area contributed by atoms with Gasteiger partial charge in [0.2, 0.25) is 0 Å². The van der Waals surface area contributed by atoms with Gasteiger partial charge in [-0.05, 0) is 40.8 Å². The Bertz CT molecular complexity index is 653. The number of amides is 1. The topological polar surface area (TPSA) is 41.1 Å². The molecular formula is C18H21ClN2O. The lowest BCUT2D eigenvalue weighted by Crippen LogP contribution is -2.22. The summed E-state index contributed by atoms with van der Waals surface area (Å²) in [4.78, 5) is 12.1. The van der Waals surface area contributed by atoms with E-state index >= 15 is 0 Å². The average Bonchev–Trinajstić information content (AvgIpc) is 3.00. The summed E-state index contributed by atoms with van der Waals surface area (Å²) < 4.78 is 0. The summed E-state index contributed by atoms with van der Waals surface area (Å²) in [5.41, 5.74) is 5.82. The molecule has 0 spiro atoms. The number of fused-ring (bicyclic) bond motifs is 1. The molecule has 1 amide bonds. The Kier molecular flexibility index (Phi) is 5.58. The van der Waals surface area contributed by atoms with Crippen LogP contribution in [0.25, 0.3) is 0 Å². The Labute approximate surface area is 137 Å². The zero-order valence-corrected chi connectivity index (χ0v) is 13.5. The van der Waals surface area contributed by atoms with Crippen LogP contribution in [0.15, 0.2) is 42.5 Å². The molecule has 1 aliphatic rings. The first-order valence-electron chi connectivity index (χ1n) is 7.45. The monoisotopic (exact) mass is 316 g/mol. The molecule has 2 aromatic rings. The zero-order valence-electron chi connectivity index (χ0n) is 12.7. The lowest BCUT2D eigenvalue weighted by molar-refractivity contribution is 0.0951. The van der Waals surface area contributed by atoms with Gasteiger partial charge in [-0.25, -0.2) is 0 Å². The van der Waals surface area contributed by atoms with Gasteiger partial charge in [-0.1, -0.05) is 37.3 Å². The number of carbonyl (C=O) groups is 1. The fraction of sp³-hybridized carbons (Fsp3) is 0.278. The molecule has 22 heavy (non-hydrogen) atoms. The maximum atomic E-state index is 12.1. The number of hydrogen-bond acceptors (Lipinski definition) is 2. The van der Waals surface area contributed by atoms with Crippen LogP contribution >= 0.6 is 12.4 Å². The number of benzene rings is 2. The van der Waals surface area contributed by atoms with Crippen molar-refractivity contribution in [2.24, 2.45) is 0 Å². The summed E-state index contributed by atoms with van der Waals surface area (Å²) in [6.45, 7) is 4.56. The van der Waals surface area contributed by atoms with Crippen LogP contribution in [-0.4, -0.2) is 5.91 Å². The number of nitrogens with one attached hydrogen (secondary N) is 2. The molecule has 1 aliphatic heterocycles. The zero-order chi connectivity index (χ0) is 14.7. The Morgan fingerprint density at radius 3 is 2.45 bits per heavy atom. The van der Waals surface area contributed by atoms with E-state index in [1.165, 1.54) is 16.7 Å². The number of halogens is 1. The van der Waals surface area contributed by atoms with Gasteiger partial charge < -0.3 is 10.6 Å². The van der Waals surface area contributed by atoms with Gasteiger partial charge in [0.15, 0.2) is 0 Å². The van der Waals surface area contributed by atoms with E-state index < -0.39 is 0 Å². The van der Waals surface area contributed by atoms with Crippen molar-refractivity contribution in [3.05, 3.63) is 70.3 Å². The van der Waals surface area contributed by atoms with Crippen LogP contribution in [-0.2, 0) is 26.1 Å². The summed E-state index contributed by atoms with van der Waals surface area (Å²) in [7, 11) is 0. The Hall–Kier alpha value is -1.84. The Balaban J connectivity index is 0.00000176. The van der Waals surface area contributed by atoms with E-state index in [1.54, 1.807) is 0 Å². The van der Waals surface area contributed by atoms with Crippen molar-refractivity contribution >= 4 is 18.3 Å². The van der Waals surface area contributed by atoms with Gasteiger partial charge >= 0.3 is 0 Å². The van der Waals surface area contributed by atoms with E-state index in [2.05, 4.69) is 35.8 Å². The van der Waals surface area contributed by atoms with Gasteiger partial charge in [-0.3, -0.25) is 4.79 Å². The second-order valence-electron chi connectivity index (χ2n) is 5.44. The van der Waals surface area contributed by atoms with Gasteiger partial charge in [0.05, 0.1) is 0 Å². The molecular weight excluding hydrogens is 296 g/mol. The van der Waals surface area contributed by atoms with Gasteiger partial charge in [-0.2, -0.15) is 0 Å². The highest BCUT2D eigenvalue weighted by Crippen LogP contribution is 2.17. The van der Waals surface area contributed by atoms with E-state index in [1.807, 2.05) is 24.3 Å². The Morgan fingerprint density at radius 1 is 1.05 bits per heavy atom. The maximum Gasteiger partial charge on any atom is 0.251 e. The third kappa shape index (κ3) is 3.67. The summed E-state index contributed by atoms with van der Waals surface area (Å²) in [6.07, 6.45) is 0.991. The summed E-state index contributed by atoms with van der Waals surface area (Å²) in [5.74, 6) is -0.0173. The lowest BCUT2D eigenvalue weighted by atomic mass is 10.1. The molecule has 0 radical (unpaired) electrons. The second kappa shape index (κ2) is 7.43. The fourth-order valence-corrected chi connectivity index (χ4v) is 2.63. The van der Waals surface area contributed by atoms with Crippen molar-refractivity contribution in [2.75, 3.05) is 0 Å². The minimum absolute atomic E-state index is 0. The Morgan fingerprint density at radius 2 is 1.73 bits per heavy atom. The van der Waals surface area contributed by atoms with Crippen molar-refractivity contribution in [1.29, 1.82) is 0 Å². The average molecular weight is 317 g/mol. The first-order valence-corrected chi connectivity index (χ1v) is 7.45. The molecule has 2 N–H and O–H groups in total. The summed E-state index contributed by atoms with van der Waals surface area (Å²) in [6, 6.07) is 14.2. The quantitative estimate of drug-likeness (QED) is 0.909. The highest BCUT2D eigenvalue weighted by atomic mass is 35.5. The normalized spacial score (nSPS) is 12.4. The van der Waals surface area contributed by atoms with Gasteiger partial charge in [-0.15, -0.1) is 12.4 Å². The third-order valence-corrected chi connectivity index (χ3v) is 3.98. The minimum atomic E-state index is -0.0173. The molecule has 0 saturated carbocycles. The van der Waals surface area contributed by atoms with Gasteiger partial charge in [0.25, 0.3) is 5.91 Å². The number of aryl methyl sites for hydroxylation is 1. The largest absolute Gasteiger partial charge is 0.348 e. The molecule has 0 atom stereocenters. The molecule has 0 aliphatic carbocycles. The molecule has 2 aromatic carbocycles. The van der Waals surface area contributed by atoms with E-state index in [0.717, 1.165) is 30.6 Å². The molecule has 116 valence electrons. The number of carbonyl (C=O) groups excluding carboxylic acids is 1. The summed E-state index contributed by atoms with van der Waals surface area (Å²) >= 11 is 0. The van der Waals surface area contributed by atoms with Crippen molar-refractivity contribution < 1.29 is 4.79 Å². The highest BCUT2D eigenvalue weighted by molar-refractivity contribution is 5.94. The SMILES string of the molecule is CCc1ccc(C(=O)NCc2ccc3c(c2)CNC3)cc1.Cl. The van der Waals surface area contributed by atoms with Gasteiger partial charge in [0, 0.05) is 25.2 Å². The molecule has 3 rings (SSSR count). The van der Waals surface area contributed by atoms with E-state index in [4.69, 9.17) is 0 Å².